The van der Waals surface area contributed by atoms with E-state index in [1.165, 1.54) is 30.6 Å². The lowest BCUT2D eigenvalue weighted by molar-refractivity contribution is -0.384. The van der Waals surface area contributed by atoms with E-state index < -0.39 is 4.92 Å². The SMILES string of the molecule is COc1cc([N+](=O)[O-])cc2sc(CCN)nc12. The van der Waals surface area contributed by atoms with Crippen LogP contribution in [-0.4, -0.2) is 23.6 Å². The van der Waals surface area contributed by atoms with Crippen LogP contribution in [0.3, 0.4) is 0 Å². The van der Waals surface area contributed by atoms with Crippen LogP contribution in [0.5, 0.6) is 5.75 Å². The zero-order valence-electron chi connectivity index (χ0n) is 9.17. The van der Waals surface area contributed by atoms with E-state index in [-0.39, 0.29) is 5.69 Å². The molecular weight excluding hydrogens is 242 g/mol. The molecule has 0 radical (unpaired) electrons. The van der Waals surface area contributed by atoms with E-state index in [1.807, 2.05) is 0 Å². The maximum absolute atomic E-state index is 10.8. The van der Waals surface area contributed by atoms with Gasteiger partial charge in [0.1, 0.15) is 5.52 Å². The predicted molar refractivity (Wildman–Crippen MR) is 65.6 cm³/mol. The van der Waals surface area contributed by atoms with Gasteiger partial charge >= 0.3 is 0 Å². The Morgan fingerprint density at radius 3 is 2.94 bits per heavy atom. The lowest BCUT2D eigenvalue weighted by Crippen LogP contribution is -2.01. The Morgan fingerprint density at radius 2 is 2.35 bits per heavy atom. The normalized spacial score (nSPS) is 10.7. The van der Waals surface area contributed by atoms with E-state index in [2.05, 4.69) is 4.98 Å². The van der Waals surface area contributed by atoms with Gasteiger partial charge in [0.2, 0.25) is 0 Å². The summed E-state index contributed by atoms with van der Waals surface area (Å²) in [7, 11) is 1.47. The van der Waals surface area contributed by atoms with Gasteiger partial charge in [-0.25, -0.2) is 4.98 Å². The molecule has 0 saturated carbocycles. The summed E-state index contributed by atoms with van der Waals surface area (Å²) >= 11 is 1.41. The molecule has 1 heterocycles. The van der Waals surface area contributed by atoms with E-state index in [4.69, 9.17) is 10.5 Å². The summed E-state index contributed by atoms with van der Waals surface area (Å²) < 4.78 is 5.87. The summed E-state index contributed by atoms with van der Waals surface area (Å²) in [6, 6.07) is 2.89. The molecule has 17 heavy (non-hydrogen) atoms. The second kappa shape index (κ2) is 4.64. The minimum Gasteiger partial charge on any atom is -0.494 e. The second-order valence-corrected chi connectivity index (χ2v) is 4.51. The molecular formula is C10H11N3O3S. The Balaban J connectivity index is 2.60. The van der Waals surface area contributed by atoms with Gasteiger partial charge in [-0.3, -0.25) is 10.1 Å². The van der Waals surface area contributed by atoms with E-state index in [0.717, 1.165) is 9.71 Å². The Bertz CT molecular complexity index is 567. The summed E-state index contributed by atoms with van der Waals surface area (Å²) in [5.41, 5.74) is 6.13. The van der Waals surface area contributed by atoms with Crippen molar-refractivity contribution in [2.45, 2.75) is 6.42 Å². The van der Waals surface area contributed by atoms with Gasteiger partial charge in [0.05, 0.1) is 27.8 Å². The molecule has 0 aliphatic heterocycles. The van der Waals surface area contributed by atoms with Gasteiger partial charge in [-0.1, -0.05) is 0 Å². The summed E-state index contributed by atoms with van der Waals surface area (Å²) in [6.45, 7) is 0.504. The average molecular weight is 253 g/mol. The third-order valence-electron chi connectivity index (χ3n) is 2.28. The molecule has 0 spiro atoms. The number of benzene rings is 1. The number of nitro groups is 1. The van der Waals surface area contributed by atoms with Crippen molar-refractivity contribution in [1.82, 2.24) is 4.98 Å². The topological polar surface area (TPSA) is 91.3 Å². The monoisotopic (exact) mass is 253 g/mol. The van der Waals surface area contributed by atoms with Crippen LogP contribution in [-0.2, 0) is 6.42 Å². The van der Waals surface area contributed by atoms with Crippen molar-refractivity contribution >= 4 is 27.2 Å². The van der Waals surface area contributed by atoms with E-state index in [9.17, 15) is 10.1 Å². The van der Waals surface area contributed by atoms with Gasteiger partial charge in [-0.05, 0) is 6.54 Å². The number of rotatable bonds is 4. The van der Waals surface area contributed by atoms with Gasteiger partial charge in [0, 0.05) is 12.5 Å². The van der Waals surface area contributed by atoms with Crippen molar-refractivity contribution in [2.24, 2.45) is 5.73 Å². The van der Waals surface area contributed by atoms with Gasteiger partial charge in [-0.2, -0.15) is 0 Å². The third-order valence-corrected chi connectivity index (χ3v) is 3.34. The lowest BCUT2D eigenvalue weighted by Gasteiger charge is -1.99. The Kier molecular flexibility index (Phi) is 3.21. The first-order valence-corrected chi connectivity index (χ1v) is 5.79. The molecule has 7 heteroatoms. The molecule has 0 atom stereocenters. The number of nitrogens with two attached hydrogens (primary N) is 1. The molecule has 0 amide bonds. The van der Waals surface area contributed by atoms with Crippen molar-refractivity contribution in [2.75, 3.05) is 13.7 Å². The van der Waals surface area contributed by atoms with Gasteiger partial charge < -0.3 is 10.5 Å². The van der Waals surface area contributed by atoms with Crippen LogP contribution in [0.25, 0.3) is 10.2 Å². The fourth-order valence-electron chi connectivity index (χ4n) is 1.52. The summed E-state index contributed by atoms with van der Waals surface area (Å²) in [6.07, 6.45) is 0.663. The fourth-order valence-corrected chi connectivity index (χ4v) is 2.56. The van der Waals surface area contributed by atoms with E-state index in [0.29, 0.717) is 24.2 Å². The van der Waals surface area contributed by atoms with Gasteiger partial charge in [-0.15, -0.1) is 11.3 Å². The number of nitrogens with zero attached hydrogens (tertiary/aromatic N) is 2. The Morgan fingerprint density at radius 1 is 1.59 bits per heavy atom. The van der Waals surface area contributed by atoms with Crippen LogP contribution in [0.2, 0.25) is 0 Å². The van der Waals surface area contributed by atoms with Crippen LogP contribution >= 0.6 is 11.3 Å². The number of nitro benzene ring substituents is 1. The van der Waals surface area contributed by atoms with E-state index in [1.54, 1.807) is 0 Å². The molecule has 1 aromatic heterocycles. The molecule has 2 aromatic rings. The number of methoxy groups -OCH3 is 1. The highest BCUT2D eigenvalue weighted by molar-refractivity contribution is 7.18. The maximum atomic E-state index is 10.8. The molecule has 0 saturated heterocycles. The first-order chi connectivity index (χ1) is 8.15. The predicted octanol–water partition coefficient (Wildman–Crippen LogP) is 1.71. The smallest absolute Gasteiger partial charge is 0.274 e. The van der Waals surface area contributed by atoms with Crippen LogP contribution in [0.4, 0.5) is 5.69 Å². The Labute approximate surface area is 101 Å². The highest BCUT2D eigenvalue weighted by atomic mass is 32.1. The first kappa shape index (κ1) is 11.7. The highest BCUT2D eigenvalue weighted by Gasteiger charge is 2.15. The number of hydrogen-bond donors (Lipinski definition) is 1. The summed E-state index contributed by atoms with van der Waals surface area (Å²) in [5.74, 6) is 0.425. The molecule has 0 aliphatic carbocycles. The first-order valence-electron chi connectivity index (χ1n) is 4.97. The fraction of sp³-hybridized carbons (Fsp3) is 0.300. The standard InChI is InChI=1S/C10H11N3O3S/c1-16-7-4-6(13(14)15)5-8-10(7)12-9(17-8)2-3-11/h4-5H,2-3,11H2,1H3. The average Bonchev–Trinajstić information content (AvgIpc) is 2.70. The lowest BCUT2D eigenvalue weighted by atomic mass is 10.3. The minimum absolute atomic E-state index is 0.0114. The minimum atomic E-state index is -0.440. The van der Waals surface area contributed by atoms with Crippen LogP contribution < -0.4 is 10.5 Å². The molecule has 1 aromatic carbocycles. The number of aromatic nitrogens is 1. The molecule has 0 bridgehead atoms. The Hall–Kier alpha value is -1.73. The molecule has 2 N–H and O–H groups in total. The van der Waals surface area contributed by atoms with Crippen molar-refractivity contribution in [3.63, 3.8) is 0 Å². The molecule has 0 fully saturated rings. The van der Waals surface area contributed by atoms with Crippen LogP contribution in [0.1, 0.15) is 5.01 Å². The summed E-state index contributed by atoms with van der Waals surface area (Å²) in [5, 5.41) is 11.6. The molecule has 90 valence electrons. The molecule has 0 unspecified atom stereocenters. The third kappa shape index (κ3) is 2.20. The van der Waals surface area contributed by atoms with E-state index >= 15 is 0 Å². The zero-order valence-corrected chi connectivity index (χ0v) is 9.99. The molecule has 6 nitrogen and oxygen atoms in total. The molecule has 0 aliphatic rings. The zero-order chi connectivity index (χ0) is 12.4. The van der Waals surface area contributed by atoms with Crippen LogP contribution in [0, 0.1) is 10.1 Å². The highest BCUT2D eigenvalue weighted by Crippen LogP contribution is 2.34. The largest absolute Gasteiger partial charge is 0.494 e. The summed E-state index contributed by atoms with van der Waals surface area (Å²) in [4.78, 5) is 14.7. The number of ether oxygens (including phenoxy) is 1. The van der Waals surface area contributed by atoms with Crippen molar-refractivity contribution in [1.29, 1.82) is 0 Å². The van der Waals surface area contributed by atoms with Crippen molar-refractivity contribution < 1.29 is 9.66 Å². The second-order valence-electron chi connectivity index (χ2n) is 3.40. The van der Waals surface area contributed by atoms with Crippen LogP contribution in [0.15, 0.2) is 12.1 Å². The quantitative estimate of drug-likeness (QED) is 0.661. The number of hydrogen-bond acceptors (Lipinski definition) is 6. The van der Waals surface area contributed by atoms with Crippen molar-refractivity contribution in [3.05, 3.63) is 27.3 Å². The number of non-ortho nitro benzene ring substituents is 1. The maximum Gasteiger partial charge on any atom is 0.274 e. The van der Waals surface area contributed by atoms with Gasteiger partial charge in [0.15, 0.2) is 5.75 Å². The number of fused-ring (bicyclic) bond motifs is 1. The molecule has 2 rings (SSSR count). The number of thiazole rings is 1. The van der Waals surface area contributed by atoms with Gasteiger partial charge in [0.25, 0.3) is 5.69 Å². The van der Waals surface area contributed by atoms with Crippen molar-refractivity contribution in [3.8, 4) is 5.75 Å².